The van der Waals surface area contributed by atoms with Crippen molar-refractivity contribution in [2.75, 3.05) is 32.8 Å². The maximum Gasteiger partial charge on any atom is 0.266 e. The van der Waals surface area contributed by atoms with E-state index in [0.717, 1.165) is 47.7 Å². The molecule has 0 unspecified atom stereocenters. The standard InChI is InChI=1S/C18H27N3O2S/c1-12-17(24-13(2)19-12)18(22)21-10-15-16(11-21)23-8-7-20(15)9-14-5-3-4-6-14/h14-16H,3-11H2,1-2H3/t15-,16-/m0/s1. The molecule has 5 nitrogen and oxygen atoms in total. The van der Waals surface area contributed by atoms with Gasteiger partial charge in [0.1, 0.15) is 4.88 Å². The summed E-state index contributed by atoms with van der Waals surface area (Å²) in [4.78, 5) is 22.7. The minimum absolute atomic E-state index is 0.136. The fraction of sp³-hybridized carbons (Fsp3) is 0.778. The first-order chi connectivity index (χ1) is 11.6. The minimum Gasteiger partial charge on any atom is -0.373 e. The van der Waals surface area contributed by atoms with E-state index < -0.39 is 0 Å². The lowest BCUT2D eigenvalue weighted by atomic mass is 10.0. The Morgan fingerprint density at radius 3 is 2.79 bits per heavy atom. The highest BCUT2D eigenvalue weighted by molar-refractivity contribution is 7.13. The molecule has 3 aliphatic rings. The van der Waals surface area contributed by atoms with Gasteiger partial charge in [0.25, 0.3) is 5.91 Å². The van der Waals surface area contributed by atoms with E-state index in [1.165, 1.54) is 43.6 Å². The zero-order valence-electron chi connectivity index (χ0n) is 14.7. The van der Waals surface area contributed by atoms with Crippen LogP contribution < -0.4 is 0 Å². The predicted molar refractivity (Wildman–Crippen MR) is 94.6 cm³/mol. The SMILES string of the molecule is Cc1nc(C)c(C(=O)N2C[C@@H]3OCCN(CC4CCCC4)[C@H]3C2)s1. The van der Waals surface area contributed by atoms with Crippen molar-refractivity contribution in [1.29, 1.82) is 0 Å². The van der Waals surface area contributed by atoms with Crippen molar-refractivity contribution < 1.29 is 9.53 Å². The molecule has 2 saturated heterocycles. The van der Waals surface area contributed by atoms with Crippen LogP contribution in [0.5, 0.6) is 0 Å². The minimum atomic E-state index is 0.136. The molecule has 0 bridgehead atoms. The Morgan fingerprint density at radius 2 is 2.08 bits per heavy atom. The van der Waals surface area contributed by atoms with Crippen molar-refractivity contribution in [1.82, 2.24) is 14.8 Å². The van der Waals surface area contributed by atoms with Crippen molar-refractivity contribution >= 4 is 17.2 Å². The third-order valence-corrected chi connectivity index (χ3v) is 6.83. The van der Waals surface area contributed by atoms with E-state index >= 15 is 0 Å². The summed E-state index contributed by atoms with van der Waals surface area (Å²) in [5.74, 6) is 0.983. The second-order valence-electron chi connectivity index (χ2n) is 7.48. The fourth-order valence-corrected chi connectivity index (χ4v) is 5.44. The largest absolute Gasteiger partial charge is 0.373 e. The number of ether oxygens (including phenoxy) is 1. The van der Waals surface area contributed by atoms with Gasteiger partial charge in [-0.05, 0) is 32.6 Å². The first-order valence-electron chi connectivity index (χ1n) is 9.21. The highest BCUT2D eigenvalue weighted by atomic mass is 32.1. The van der Waals surface area contributed by atoms with Gasteiger partial charge in [-0.15, -0.1) is 11.3 Å². The molecule has 3 heterocycles. The lowest BCUT2D eigenvalue weighted by Crippen LogP contribution is -2.52. The number of morpholine rings is 1. The van der Waals surface area contributed by atoms with Gasteiger partial charge < -0.3 is 9.64 Å². The van der Waals surface area contributed by atoms with Crippen LogP contribution in [0.4, 0.5) is 0 Å². The number of amides is 1. The summed E-state index contributed by atoms with van der Waals surface area (Å²) in [5.41, 5.74) is 0.862. The van der Waals surface area contributed by atoms with E-state index in [1.54, 1.807) is 0 Å². The molecule has 1 saturated carbocycles. The average Bonchev–Trinajstić information content (AvgIpc) is 3.26. The van der Waals surface area contributed by atoms with Crippen molar-refractivity contribution in [3.8, 4) is 0 Å². The predicted octanol–water partition coefficient (Wildman–Crippen LogP) is 2.48. The first-order valence-corrected chi connectivity index (χ1v) is 10.0. The van der Waals surface area contributed by atoms with Gasteiger partial charge in [0.05, 0.1) is 29.5 Å². The molecule has 24 heavy (non-hydrogen) atoms. The third kappa shape index (κ3) is 3.11. The second-order valence-corrected chi connectivity index (χ2v) is 8.68. The van der Waals surface area contributed by atoms with Crippen LogP contribution in [-0.2, 0) is 4.74 Å². The number of nitrogens with zero attached hydrogens (tertiary/aromatic N) is 3. The second kappa shape index (κ2) is 6.73. The van der Waals surface area contributed by atoms with Gasteiger partial charge in [0, 0.05) is 26.2 Å². The summed E-state index contributed by atoms with van der Waals surface area (Å²) in [5, 5.41) is 0.964. The van der Waals surface area contributed by atoms with Crippen LogP contribution in [0.25, 0.3) is 0 Å². The van der Waals surface area contributed by atoms with E-state index in [2.05, 4.69) is 9.88 Å². The fourth-order valence-electron chi connectivity index (χ4n) is 4.55. The van der Waals surface area contributed by atoms with Crippen LogP contribution in [0.2, 0.25) is 0 Å². The van der Waals surface area contributed by atoms with Gasteiger partial charge in [0.2, 0.25) is 0 Å². The molecule has 2 aliphatic heterocycles. The van der Waals surface area contributed by atoms with E-state index in [0.29, 0.717) is 6.04 Å². The van der Waals surface area contributed by atoms with E-state index in [9.17, 15) is 4.79 Å². The Hall–Kier alpha value is -0.980. The van der Waals surface area contributed by atoms with Gasteiger partial charge in [-0.2, -0.15) is 0 Å². The first kappa shape index (κ1) is 16.5. The lowest BCUT2D eigenvalue weighted by Gasteiger charge is -2.38. The molecule has 4 rings (SSSR count). The number of aryl methyl sites for hydroxylation is 2. The third-order valence-electron chi connectivity index (χ3n) is 5.77. The summed E-state index contributed by atoms with van der Waals surface area (Å²) >= 11 is 1.51. The summed E-state index contributed by atoms with van der Waals surface area (Å²) in [7, 11) is 0. The normalized spacial score (nSPS) is 28.5. The number of likely N-dealkylation sites (tertiary alicyclic amines) is 1. The molecule has 3 fully saturated rings. The number of fused-ring (bicyclic) bond motifs is 1. The molecular formula is C18H27N3O2S. The molecule has 0 radical (unpaired) electrons. The zero-order valence-corrected chi connectivity index (χ0v) is 15.5. The Kier molecular flexibility index (Phi) is 4.62. The molecule has 6 heteroatoms. The molecular weight excluding hydrogens is 322 g/mol. The molecule has 0 aromatic carbocycles. The van der Waals surface area contributed by atoms with Crippen molar-refractivity contribution in [3.05, 3.63) is 15.6 Å². The van der Waals surface area contributed by atoms with Crippen LogP contribution in [0.1, 0.15) is 46.1 Å². The molecule has 1 aliphatic carbocycles. The van der Waals surface area contributed by atoms with E-state index in [1.807, 2.05) is 18.7 Å². The van der Waals surface area contributed by atoms with E-state index in [4.69, 9.17) is 4.74 Å². The summed E-state index contributed by atoms with van der Waals surface area (Å²) < 4.78 is 6.00. The van der Waals surface area contributed by atoms with Crippen LogP contribution in [-0.4, -0.2) is 65.6 Å². The number of carbonyl (C=O) groups is 1. The van der Waals surface area contributed by atoms with Gasteiger partial charge in [-0.1, -0.05) is 12.8 Å². The number of carbonyl (C=O) groups excluding carboxylic acids is 1. The van der Waals surface area contributed by atoms with Crippen molar-refractivity contribution in [3.63, 3.8) is 0 Å². The maximum atomic E-state index is 12.9. The summed E-state index contributed by atoms with van der Waals surface area (Å²) in [6, 6.07) is 0.373. The van der Waals surface area contributed by atoms with Crippen LogP contribution in [0.15, 0.2) is 0 Å². The quantitative estimate of drug-likeness (QED) is 0.841. The van der Waals surface area contributed by atoms with Gasteiger partial charge >= 0.3 is 0 Å². The molecule has 0 spiro atoms. The number of hydrogen-bond donors (Lipinski definition) is 0. The highest BCUT2D eigenvalue weighted by Gasteiger charge is 2.43. The Balaban J connectivity index is 1.45. The van der Waals surface area contributed by atoms with Gasteiger partial charge in [-0.3, -0.25) is 9.69 Å². The molecule has 0 N–H and O–H groups in total. The molecule has 1 amide bonds. The van der Waals surface area contributed by atoms with Crippen molar-refractivity contribution in [2.24, 2.45) is 5.92 Å². The smallest absolute Gasteiger partial charge is 0.266 e. The van der Waals surface area contributed by atoms with Crippen LogP contribution in [0.3, 0.4) is 0 Å². The molecule has 2 atom stereocenters. The zero-order chi connectivity index (χ0) is 16.7. The summed E-state index contributed by atoms with van der Waals surface area (Å²) in [6.45, 7) is 8.42. The monoisotopic (exact) mass is 349 g/mol. The Labute approximate surface area is 148 Å². The molecule has 1 aromatic rings. The number of aromatic nitrogens is 1. The van der Waals surface area contributed by atoms with E-state index in [-0.39, 0.29) is 12.0 Å². The maximum absolute atomic E-state index is 12.9. The lowest BCUT2D eigenvalue weighted by molar-refractivity contribution is -0.0516. The number of hydrogen-bond acceptors (Lipinski definition) is 5. The number of thiazole rings is 1. The Morgan fingerprint density at radius 1 is 1.29 bits per heavy atom. The van der Waals surface area contributed by atoms with Crippen molar-refractivity contribution in [2.45, 2.75) is 51.7 Å². The summed E-state index contributed by atoms with van der Waals surface area (Å²) in [6.07, 6.45) is 5.70. The topological polar surface area (TPSA) is 45.7 Å². The average molecular weight is 350 g/mol. The van der Waals surface area contributed by atoms with Crippen LogP contribution >= 0.6 is 11.3 Å². The number of rotatable bonds is 3. The van der Waals surface area contributed by atoms with Crippen LogP contribution in [0, 0.1) is 19.8 Å². The van der Waals surface area contributed by atoms with Gasteiger partial charge in [-0.25, -0.2) is 4.98 Å². The molecule has 132 valence electrons. The van der Waals surface area contributed by atoms with Gasteiger partial charge in [0.15, 0.2) is 0 Å². The highest BCUT2D eigenvalue weighted by Crippen LogP contribution is 2.30. The molecule has 1 aromatic heterocycles. The Bertz CT molecular complexity index is 611.